The SMILES string of the molecule is [C-]#[N+]/C(C#N)=C1\Sc2c(OC(=O)C3CCC(C(=O)Oc4ccc(CCOC(=O)CCC(=O)OCC(C)(C)COC(=O)C=C)cc4)CC3)cc(C)c(C)c2S1. The predicted molar refractivity (Wildman–Crippen MR) is 200 cm³/mol. The van der Waals surface area contributed by atoms with Gasteiger partial charge < -0.3 is 23.7 Å². The fourth-order valence-electron chi connectivity index (χ4n) is 5.50. The summed E-state index contributed by atoms with van der Waals surface area (Å²) >= 11 is 2.62. The second-order valence-electron chi connectivity index (χ2n) is 13.7. The highest BCUT2D eigenvalue weighted by Gasteiger charge is 2.34. The van der Waals surface area contributed by atoms with E-state index in [9.17, 15) is 29.2 Å². The summed E-state index contributed by atoms with van der Waals surface area (Å²) in [5, 5.41) is 9.35. The average Bonchev–Trinajstić information content (AvgIpc) is 3.61. The van der Waals surface area contributed by atoms with Crippen molar-refractivity contribution in [2.45, 2.75) is 82.4 Å². The standard InChI is InChI=1S/C40H42N2O10S2/c1-7-32(43)49-22-40(4,5)23-50-34(45)17-16-33(44)48-19-18-26-8-14-29(15-9-26)51-37(46)27-10-12-28(13-11-27)38(47)52-31-20-24(2)25(3)35-36(31)54-39(53-35)30(21-41)42-6/h7-9,14-15,20,27-28H,1,10-13,16-19,22-23H2,2-5H3/b39-30-. The van der Waals surface area contributed by atoms with E-state index >= 15 is 0 Å². The minimum Gasteiger partial charge on any atom is -0.465 e. The van der Waals surface area contributed by atoms with Gasteiger partial charge in [-0.15, -0.1) is 0 Å². The normalized spacial score (nSPS) is 17.1. The van der Waals surface area contributed by atoms with Crippen molar-refractivity contribution in [3.05, 3.63) is 81.0 Å². The Labute approximate surface area is 323 Å². The van der Waals surface area contributed by atoms with Gasteiger partial charge in [0.2, 0.25) is 0 Å². The molecule has 2 aromatic carbocycles. The van der Waals surface area contributed by atoms with E-state index in [0.717, 1.165) is 32.6 Å². The second-order valence-corrected chi connectivity index (χ2v) is 16.0. The van der Waals surface area contributed by atoms with E-state index in [2.05, 4.69) is 11.4 Å². The van der Waals surface area contributed by atoms with Crippen LogP contribution in [0.15, 0.2) is 62.7 Å². The van der Waals surface area contributed by atoms with Crippen molar-refractivity contribution in [1.29, 1.82) is 5.26 Å². The minimum atomic E-state index is -0.598. The van der Waals surface area contributed by atoms with Gasteiger partial charge in [0.25, 0.3) is 5.70 Å². The lowest BCUT2D eigenvalue weighted by Crippen LogP contribution is -2.30. The summed E-state index contributed by atoms with van der Waals surface area (Å²) in [6.07, 6.45) is 3.10. The molecule has 0 N–H and O–H groups in total. The summed E-state index contributed by atoms with van der Waals surface area (Å²) in [5.41, 5.74) is 2.21. The van der Waals surface area contributed by atoms with Gasteiger partial charge in [-0.05, 0) is 74.4 Å². The molecule has 1 aliphatic heterocycles. The van der Waals surface area contributed by atoms with Gasteiger partial charge in [-0.2, -0.15) is 0 Å². The molecule has 0 saturated heterocycles. The molecule has 1 aliphatic carbocycles. The number of esters is 5. The Bertz CT molecular complexity index is 1880. The molecule has 1 heterocycles. The largest absolute Gasteiger partial charge is 0.465 e. The van der Waals surface area contributed by atoms with Gasteiger partial charge in [-0.3, -0.25) is 19.2 Å². The van der Waals surface area contributed by atoms with Crippen molar-refractivity contribution in [3.63, 3.8) is 0 Å². The van der Waals surface area contributed by atoms with Gasteiger partial charge in [0.1, 0.15) is 11.5 Å². The quantitative estimate of drug-likeness (QED) is 0.0435. The molecule has 2 aromatic rings. The molecule has 54 heavy (non-hydrogen) atoms. The first-order valence-electron chi connectivity index (χ1n) is 17.4. The Morgan fingerprint density at radius 1 is 0.907 bits per heavy atom. The third kappa shape index (κ3) is 11.7. The average molecular weight is 775 g/mol. The topological polar surface area (TPSA) is 160 Å². The van der Waals surface area contributed by atoms with Crippen LogP contribution in [0.4, 0.5) is 0 Å². The van der Waals surface area contributed by atoms with Crippen LogP contribution in [0.5, 0.6) is 11.5 Å². The first kappa shape index (κ1) is 41.7. The number of benzene rings is 2. The van der Waals surface area contributed by atoms with Gasteiger partial charge >= 0.3 is 29.8 Å². The van der Waals surface area contributed by atoms with Crippen LogP contribution in [-0.4, -0.2) is 49.7 Å². The monoisotopic (exact) mass is 774 g/mol. The zero-order valence-corrected chi connectivity index (χ0v) is 32.3. The third-order valence-electron chi connectivity index (χ3n) is 8.84. The summed E-state index contributed by atoms with van der Waals surface area (Å²) in [6, 6.07) is 10.6. The maximum absolute atomic E-state index is 13.2. The molecule has 0 spiro atoms. The molecule has 0 unspecified atom stereocenters. The molecule has 1 fully saturated rings. The Morgan fingerprint density at radius 3 is 2.07 bits per heavy atom. The van der Waals surface area contributed by atoms with Crippen molar-refractivity contribution in [2.24, 2.45) is 17.3 Å². The molecule has 0 amide bonds. The maximum Gasteiger partial charge on any atom is 0.330 e. The number of aryl methyl sites for hydroxylation is 1. The molecule has 14 heteroatoms. The number of hydrogen-bond donors (Lipinski definition) is 0. The molecular weight excluding hydrogens is 733 g/mol. The Morgan fingerprint density at radius 2 is 1.48 bits per heavy atom. The van der Waals surface area contributed by atoms with E-state index in [0.29, 0.717) is 47.8 Å². The number of ether oxygens (including phenoxy) is 5. The summed E-state index contributed by atoms with van der Waals surface area (Å²) in [4.78, 5) is 66.6. The lowest BCUT2D eigenvalue weighted by Gasteiger charge is -2.26. The number of carbonyl (C=O) groups excluding carboxylic acids is 5. The van der Waals surface area contributed by atoms with E-state index in [1.807, 2.05) is 26.0 Å². The fraction of sp³-hybridized carbons (Fsp3) is 0.425. The molecule has 0 aromatic heterocycles. The molecule has 0 atom stereocenters. The number of thioether (sulfide) groups is 2. The number of rotatable bonds is 15. The Hall–Kier alpha value is -5.05. The van der Waals surface area contributed by atoms with Crippen LogP contribution in [0.3, 0.4) is 0 Å². The highest BCUT2D eigenvalue weighted by molar-refractivity contribution is 8.24. The van der Waals surface area contributed by atoms with Crippen molar-refractivity contribution in [2.75, 3.05) is 19.8 Å². The summed E-state index contributed by atoms with van der Waals surface area (Å²) in [7, 11) is 0. The van der Waals surface area contributed by atoms with Crippen LogP contribution in [-0.2, 0) is 44.6 Å². The van der Waals surface area contributed by atoms with Crippen molar-refractivity contribution >= 4 is 53.4 Å². The van der Waals surface area contributed by atoms with Crippen LogP contribution in [0, 0.1) is 49.0 Å². The number of nitrogens with zero attached hydrogens (tertiary/aromatic N) is 2. The van der Waals surface area contributed by atoms with Crippen LogP contribution in [0.2, 0.25) is 0 Å². The molecule has 2 aliphatic rings. The molecular formula is C40H42N2O10S2. The highest BCUT2D eigenvalue weighted by atomic mass is 32.2. The van der Waals surface area contributed by atoms with Gasteiger partial charge in [-0.25, -0.2) is 14.9 Å². The van der Waals surface area contributed by atoms with Crippen molar-refractivity contribution < 1.29 is 47.7 Å². The van der Waals surface area contributed by atoms with E-state index in [-0.39, 0.29) is 62.1 Å². The van der Waals surface area contributed by atoms with Crippen molar-refractivity contribution in [1.82, 2.24) is 0 Å². The van der Waals surface area contributed by atoms with Gasteiger partial charge in [0.05, 0.1) is 66.3 Å². The molecule has 284 valence electrons. The van der Waals surface area contributed by atoms with Crippen LogP contribution >= 0.6 is 23.5 Å². The third-order valence-corrected chi connectivity index (χ3v) is 11.5. The van der Waals surface area contributed by atoms with E-state index in [4.69, 9.17) is 30.3 Å². The Balaban J connectivity index is 1.15. The zero-order chi connectivity index (χ0) is 39.4. The van der Waals surface area contributed by atoms with Crippen molar-refractivity contribution in [3.8, 4) is 17.6 Å². The number of hydrogen-bond acceptors (Lipinski definition) is 13. The molecule has 0 radical (unpaired) electrons. The highest BCUT2D eigenvalue weighted by Crippen LogP contribution is 2.57. The first-order valence-corrected chi connectivity index (χ1v) is 19.0. The second kappa shape index (κ2) is 19.3. The summed E-state index contributed by atoms with van der Waals surface area (Å²) < 4.78 is 27.5. The van der Waals surface area contributed by atoms with E-state index < -0.39 is 23.3 Å². The molecule has 12 nitrogen and oxygen atoms in total. The molecule has 4 rings (SSSR count). The van der Waals surface area contributed by atoms with Gasteiger partial charge in [0, 0.05) is 22.8 Å². The lowest BCUT2D eigenvalue weighted by molar-refractivity contribution is -0.154. The fourth-order valence-corrected chi connectivity index (χ4v) is 8.12. The number of fused-ring (bicyclic) bond motifs is 1. The Kier molecular flexibility index (Phi) is 14.9. The first-order chi connectivity index (χ1) is 25.7. The lowest BCUT2D eigenvalue weighted by atomic mass is 9.82. The smallest absolute Gasteiger partial charge is 0.330 e. The molecule has 1 saturated carbocycles. The maximum atomic E-state index is 13.2. The number of allylic oxidation sites excluding steroid dienone is 1. The van der Waals surface area contributed by atoms with Crippen LogP contribution in [0.25, 0.3) is 4.85 Å². The van der Waals surface area contributed by atoms with Crippen LogP contribution in [0.1, 0.15) is 69.1 Å². The van der Waals surface area contributed by atoms with Crippen LogP contribution < -0.4 is 9.47 Å². The van der Waals surface area contributed by atoms with Gasteiger partial charge in [0.15, 0.2) is 0 Å². The summed E-state index contributed by atoms with van der Waals surface area (Å²) in [5.74, 6) is -2.33. The van der Waals surface area contributed by atoms with E-state index in [1.165, 1.54) is 23.5 Å². The van der Waals surface area contributed by atoms with Gasteiger partial charge in [-0.1, -0.05) is 56.1 Å². The minimum absolute atomic E-state index is 0.00934. The van der Waals surface area contributed by atoms with E-state index in [1.54, 1.807) is 38.1 Å². The number of carbonyl (C=O) groups is 5. The zero-order valence-electron chi connectivity index (χ0n) is 30.7. The molecule has 0 bridgehead atoms. The predicted octanol–water partition coefficient (Wildman–Crippen LogP) is 7.60. The summed E-state index contributed by atoms with van der Waals surface area (Å²) in [6.45, 7) is 18.2. The number of nitriles is 1.